The average molecular weight is 285 g/mol. The Morgan fingerprint density at radius 3 is 2.25 bits per heavy atom. The molecule has 1 aromatic rings. The van der Waals surface area contributed by atoms with Crippen molar-refractivity contribution in [1.82, 2.24) is 5.32 Å². The Morgan fingerprint density at radius 1 is 1.20 bits per heavy atom. The number of carbonyl (C=O) groups is 2. The van der Waals surface area contributed by atoms with Crippen LogP contribution in [0.5, 0.6) is 0 Å². The van der Waals surface area contributed by atoms with E-state index in [4.69, 9.17) is 5.11 Å². The summed E-state index contributed by atoms with van der Waals surface area (Å²) < 4.78 is 25.9. The van der Waals surface area contributed by atoms with Crippen molar-refractivity contribution in [1.29, 1.82) is 0 Å². The molecule has 0 bridgehead atoms. The SMILES string of the molecule is CC(C)(CC(=O)NCCc1cc(F)cc(F)c1)C(=O)O. The zero-order valence-electron chi connectivity index (χ0n) is 11.4. The number of nitrogens with one attached hydrogen (secondary N) is 1. The second-order valence-corrected chi connectivity index (χ2v) is 5.24. The fraction of sp³-hybridized carbons (Fsp3) is 0.429. The van der Waals surface area contributed by atoms with Gasteiger partial charge in [-0.25, -0.2) is 8.78 Å². The third kappa shape index (κ3) is 4.95. The zero-order valence-corrected chi connectivity index (χ0v) is 11.4. The summed E-state index contributed by atoms with van der Waals surface area (Å²) in [6, 6.07) is 3.16. The van der Waals surface area contributed by atoms with Gasteiger partial charge in [-0.05, 0) is 38.0 Å². The van der Waals surface area contributed by atoms with Crippen molar-refractivity contribution in [2.75, 3.05) is 6.54 Å². The van der Waals surface area contributed by atoms with Gasteiger partial charge in [-0.1, -0.05) is 0 Å². The predicted molar refractivity (Wildman–Crippen MR) is 69.1 cm³/mol. The molecule has 1 amide bonds. The second-order valence-electron chi connectivity index (χ2n) is 5.24. The van der Waals surface area contributed by atoms with Crippen LogP contribution in [0.2, 0.25) is 0 Å². The molecule has 0 radical (unpaired) electrons. The van der Waals surface area contributed by atoms with Crippen molar-refractivity contribution >= 4 is 11.9 Å². The van der Waals surface area contributed by atoms with E-state index in [-0.39, 0.29) is 19.4 Å². The molecule has 0 heterocycles. The van der Waals surface area contributed by atoms with Crippen LogP contribution in [0.15, 0.2) is 18.2 Å². The van der Waals surface area contributed by atoms with Crippen molar-refractivity contribution < 1.29 is 23.5 Å². The lowest BCUT2D eigenvalue weighted by atomic mass is 9.89. The lowest BCUT2D eigenvalue weighted by Gasteiger charge is -2.18. The molecule has 0 saturated carbocycles. The maximum Gasteiger partial charge on any atom is 0.309 e. The molecular weight excluding hydrogens is 268 g/mol. The first kappa shape index (κ1) is 16.1. The van der Waals surface area contributed by atoms with Crippen LogP contribution in [0.4, 0.5) is 8.78 Å². The first-order valence-corrected chi connectivity index (χ1v) is 6.16. The first-order valence-electron chi connectivity index (χ1n) is 6.16. The minimum atomic E-state index is -1.14. The van der Waals surface area contributed by atoms with Crippen molar-refractivity contribution in [2.45, 2.75) is 26.7 Å². The number of halogens is 2. The van der Waals surface area contributed by atoms with E-state index in [2.05, 4.69) is 5.32 Å². The maximum absolute atomic E-state index is 12.9. The number of carboxylic acids is 1. The van der Waals surface area contributed by atoms with Crippen LogP contribution in [-0.4, -0.2) is 23.5 Å². The van der Waals surface area contributed by atoms with Crippen molar-refractivity contribution in [3.05, 3.63) is 35.4 Å². The smallest absolute Gasteiger partial charge is 0.309 e. The maximum atomic E-state index is 12.9. The first-order chi connectivity index (χ1) is 9.20. The minimum Gasteiger partial charge on any atom is -0.481 e. The van der Waals surface area contributed by atoms with Crippen molar-refractivity contribution in [3.63, 3.8) is 0 Å². The van der Waals surface area contributed by atoms with Gasteiger partial charge < -0.3 is 10.4 Å². The molecule has 0 fully saturated rings. The van der Waals surface area contributed by atoms with Crippen molar-refractivity contribution in [3.8, 4) is 0 Å². The van der Waals surface area contributed by atoms with Gasteiger partial charge in [0.1, 0.15) is 11.6 Å². The second kappa shape index (κ2) is 6.45. The third-order valence-electron chi connectivity index (χ3n) is 2.84. The van der Waals surface area contributed by atoms with E-state index in [1.807, 2.05) is 0 Å². The summed E-state index contributed by atoms with van der Waals surface area (Å²) in [4.78, 5) is 22.4. The molecule has 0 aliphatic heterocycles. The van der Waals surface area contributed by atoms with E-state index >= 15 is 0 Å². The third-order valence-corrected chi connectivity index (χ3v) is 2.84. The molecule has 1 rings (SSSR count). The van der Waals surface area contributed by atoms with E-state index in [1.165, 1.54) is 26.0 Å². The van der Waals surface area contributed by atoms with E-state index in [9.17, 15) is 18.4 Å². The van der Waals surface area contributed by atoms with Gasteiger partial charge in [0.15, 0.2) is 0 Å². The normalized spacial score (nSPS) is 11.2. The predicted octanol–water partition coefficient (Wildman–Crippen LogP) is 2.12. The number of benzene rings is 1. The molecule has 0 spiro atoms. The number of carbonyl (C=O) groups excluding carboxylic acids is 1. The monoisotopic (exact) mass is 285 g/mol. The van der Waals surface area contributed by atoms with Crippen molar-refractivity contribution in [2.24, 2.45) is 5.41 Å². The molecule has 0 aliphatic rings. The van der Waals surface area contributed by atoms with Gasteiger partial charge in [0.25, 0.3) is 0 Å². The van der Waals surface area contributed by atoms with E-state index in [0.29, 0.717) is 5.56 Å². The van der Waals surface area contributed by atoms with E-state index in [1.54, 1.807) is 0 Å². The Kier molecular flexibility index (Phi) is 5.19. The fourth-order valence-electron chi connectivity index (χ4n) is 1.64. The van der Waals surface area contributed by atoms with Crippen LogP contribution in [0.1, 0.15) is 25.8 Å². The molecular formula is C14H17F2NO3. The quantitative estimate of drug-likeness (QED) is 0.841. The number of hydrogen-bond donors (Lipinski definition) is 2. The minimum absolute atomic E-state index is 0.153. The lowest BCUT2D eigenvalue weighted by molar-refractivity contribution is -0.149. The highest BCUT2D eigenvalue weighted by Gasteiger charge is 2.29. The van der Waals surface area contributed by atoms with Crippen LogP contribution in [-0.2, 0) is 16.0 Å². The summed E-state index contributed by atoms with van der Waals surface area (Å²) in [5.41, 5.74) is -0.713. The highest BCUT2D eigenvalue weighted by Crippen LogP contribution is 2.19. The molecule has 0 saturated heterocycles. The molecule has 110 valence electrons. The molecule has 0 aliphatic carbocycles. The largest absolute Gasteiger partial charge is 0.481 e. The fourth-order valence-corrected chi connectivity index (χ4v) is 1.64. The van der Waals surface area contributed by atoms with E-state index in [0.717, 1.165) is 6.07 Å². The summed E-state index contributed by atoms with van der Waals surface area (Å²) in [5.74, 6) is -2.80. The molecule has 0 unspecified atom stereocenters. The Labute approximate surface area is 115 Å². The van der Waals surface area contributed by atoms with Gasteiger partial charge in [-0.3, -0.25) is 9.59 Å². The topological polar surface area (TPSA) is 66.4 Å². The van der Waals surface area contributed by atoms with Crippen LogP contribution in [0.3, 0.4) is 0 Å². The van der Waals surface area contributed by atoms with Gasteiger partial charge in [0, 0.05) is 19.0 Å². The van der Waals surface area contributed by atoms with Crippen LogP contribution >= 0.6 is 0 Å². The van der Waals surface area contributed by atoms with Crippen LogP contribution < -0.4 is 5.32 Å². The van der Waals surface area contributed by atoms with Gasteiger partial charge in [0.2, 0.25) is 5.91 Å². The average Bonchev–Trinajstić information content (AvgIpc) is 2.26. The van der Waals surface area contributed by atoms with Gasteiger partial charge in [-0.15, -0.1) is 0 Å². The van der Waals surface area contributed by atoms with Crippen LogP contribution in [0.25, 0.3) is 0 Å². The highest BCUT2D eigenvalue weighted by molar-refractivity contribution is 5.84. The number of amides is 1. The number of rotatable bonds is 6. The summed E-state index contributed by atoms with van der Waals surface area (Å²) in [6.45, 7) is 3.10. The Balaban J connectivity index is 2.44. The zero-order chi connectivity index (χ0) is 15.3. The summed E-state index contributed by atoms with van der Waals surface area (Å²) in [7, 11) is 0. The summed E-state index contributed by atoms with van der Waals surface area (Å²) in [5, 5.41) is 11.4. The van der Waals surface area contributed by atoms with E-state index < -0.39 is 28.9 Å². The highest BCUT2D eigenvalue weighted by atomic mass is 19.1. The molecule has 20 heavy (non-hydrogen) atoms. The Bertz CT molecular complexity index is 495. The Hall–Kier alpha value is -1.98. The number of hydrogen-bond acceptors (Lipinski definition) is 2. The molecule has 4 nitrogen and oxygen atoms in total. The van der Waals surface area contributed by atoms with Gasteiger partial charge >= 0.3 is 5.97 Å². The molecule has 0 atom stereocenters. The standard InChI is InChI=1S/C14H17F2NO3/c1-14(2,13(19)20)8-12(18)17-4-3-9-5-10(15)7-11(16)6-9/h5-7H,3-4,8H2,1-2H3,(H,17,18)(H,19,20). The molecule has 6 heteroatoms. The number of aliphatic carboxylic acids is 1. The van der Waals surface area contributed by atoms with Crippen LogP contribution in [0, 0.1) is 17.0 Å². The van der Waals surface area contributed by atoms with Gasteiger partial charge in [-0.2, -0.15) is 0 Å². The Morgan fingerprint density at radius 2 is 1.75 bits per heavy atom. The molecule has 1 aromatic carbocycles. The summed E-state index contributed by atoms with van der Waals surface area (Å²) in [6.07, 6.45) is 0.119. The molecule has 0 aromatic heterocycles. The number of carboxylic acid groups (broad SMARTS) is 1. The summed E-state index contributed by atoms with van der Waals surface area (Å²) >= 11 is 0. The molecule has 2 N–H and O–H groups in total. The lowest BCUT2D eigenvalue weighted by Crippen LogP contribution is -2.34. The van der Waals surface area contributed by atoms with Gasteiger partial charge in [0.05, 0.1) is 5.41 Å².